The van der Waals surface area contributed by atoms with Crippen molar-refractivity contribution in [2.24, 2.45) is 0 Å². The lowest BCUT2D eigenvalue weighted by atomic mass is 9.93. The molecule has 0 saturated carbocycles. The zero-order valence-electron chi connectivity index (χ0n) is 17.6. The molecule has 0 bridgehead atoms. The Balaban J connectivity index is 1.39. The van der Waals surface area contributed by atoms with Gasteiger partial charge in [-0.05, 0) is 36.4 Å². The van der Waals surface area contributed by atoms with E-state index >= 15 is 0 Å². The molecular formula is C24H19F2N5O2. The summed E-state index contributed by atoms with van der Waals surface area (Å²) in [7, 11) is 1.96. The fourth-order valence-corrected chi connectivity index (χ4v) is 3.96. The second-order valence-electron chi connectivity index (χ2n) is 7.66. The van der Waals surface area contributed by atoms with Gasteiger partial charge in [0.15, 0.2) is 11.6 Å². The van der Waals surface area contributed by atoms with E-state index in [2.05, 4.69) is 20.3 Å². The van der Waals surface area contributed by atoms with E-state index in [1.54, 1.807) is 30.6 Å². The maximum absolute atomic E-state index is 14.6. The standard InChI is InChI=1S/C24H19F2N5O2/c1-31(14-6-8-27-9-7-14)10-11-33-15-2-3-16-19(12-15)28-13-29-23(16)21-20-18(30-24(21)32)5-4-17(25)22(20)26/h2-9,12-13,21H,10-11H2,1H3,(H,30,32). The minimum absolute atomic E-state index is 0.0422. The van der Waals surface area contributed by atoms with E-state index in [-0.39, 0.29) is 11.3 Å². The molecule has 2 aromatic heterocycles. The van der Waals surface area contributed by atoms with Gasteiger partial charge in [0, 0.05) is 47.8 Å². The molecule has 0 spiro atoms. The first kappa shape index (κ1) is 20.7. The van der Waals surface area contributed by atoms with Crippen molar-refractivity contribution in [1.82, 2.24) is 15.0 Å². The molecule has 2 aromatic carbocycles. The molecule has 5 rings (SSSR count). The third-order valence-electron chi connectivity index (χ3n) is 5.65. The van der Waals surface area contributed by atoms with E-state index in [0.29, 0.717) is 35.5 Å². The first-order chi connectivity index (χ1) is 16.0. The van der Waals surface area contributed by atoms with E-state index in [4.69, 9.17) is 4.74 Å². The normalized spacial score (nSPS) is 14.8. The first-order valence-corrected chi connectivity index (χ1v) is 10.3. The average molecular weight is 447 g/mol. The number of amides is 1. The SMILES string of the molecule is CN(CCOc1ccc2c(C3C(=O)Nc4ccc(F)c(F)c43)ncnc2c1)c1ccncc1. The van der Waals surface area contributed by atoms with E-state index in [1.165, 1.54) is 12.4 Å². The molecule has 9 heteroatoms. The fourth-order valence-electron chi connectivity index (χ4n) is 3.96. The Morgan fingerprint density at radius 2 is 1.91 bits per heavy atom. The van der Waals surface area contributed by atoms with Crippen molar-refractivity contribution in [2.75, 3.05) is 30.4 Å². The molecule has 1 N–H and O–H groups in total. The zero-order valence-corrected chi connectivity index (χ0v) is 17.6. The quantitative estimate of drug-likeness (QED) is 0.483. The summed E-state index contributed by atoms with van der Waals surface area (Å²) in [6, 6.07) is 11.4. The number of carbonyl (C=O) groups excluding carboxylic acids is 1. The Morgan fingerprint density at radius 3 is 2.73 bits per heavy atom. The summed E-state index contributed by atoms with van der Waals surface area (Å²) in [5.41, 5.74) is 2.08. The third kappa shape index (κ3) is 3.82. The second kappa shape index (κ2) is 8.42. The average Bonchev–Trinajstić information content (AvgIpc) is 3.17. The predicted octanol–water partition coefficient (Wildman–Crippen LogP) is 3.90. The number of anilines is 2. The number of ether oxygens (including phenoxy) is 1. The van der Waals surface area contributed by atoms with Crippen LogP contribution >= 0.6 is 0 Å². The van der Waals surface area contributed by atoms with Crippen LogP contribution in [-0.2, 0) is 4.79 Å². The lowest BCUT2D eigenvalue weighted by molar-refractivity contribution is -0.116. The highest BCUT2D eigenvalue weighted by molar-refractivity contribution is 6.06. The highest BCUT2D eigenvalue weighted by Crippen LogP contribution is 2.41. The van der Waals surface area contributed by atoms with E-state index in [0.717, 1.165) is 11.8 Å². The van der Waals surface area contributed by atoms with E-state index in [9.17, 15) is 13.6 Å². The largest absolute Gasteiger partial charge is 0.492 e. The van der Waals surface area contributed by atoms with Crippen LogP contribution < -0.4 is 15.0 Å². The summed E-state index contributed by atoms with van der Waals surface area (Å²) in [5, 5.41) is 3.17. The Kier molecular flexibility index (Phi) is 5.29. The van der Waals surface area contributed by atoms with Gasteiger partial charge in [-0.3, -0.25) is 9.78 Å². The van der Waals surface area contributed by atoms with Gasteiger partial charge in [0.05, 0.1) is 17.8 Å². The van der Waals surface area contributed by atoms with Crippen LogP contribution in [0.4, 0.5) is 20.2 Å². The predicted molar refractivity (Wildman–Crippen MR) is 119 cm³/mol. The molecule has 33 heavy (non-hydrogen) atoms. The minimum atomic E-state index is -1.07. The molecule has 0 radical (unpaired) electrons. The first-order valence-electron chi connectivity index (χ1n) is 10.3. The van der Waals surface area contributed by atoms with Crippen molar-refractivity contribution in [3.63, 3.8) is 0 Å². The summed E-state index contributed by atoms with van der Waals surface area (Å²) >= 11 is 0. The monoisotopic (exact) mass is 447 g/mol. The summed E-state index contributed by atoms with van der Waals surface area (Å²) in [4.78, 5) is 27.2. The molecule has 1 aliphatic rings. The maximum Gasteiger partial charge on any atom is 0.238 e. The number of likely N-dealkylation sites (N-methyl/N-ethyl adjacent to an activating group) is 1. The number of carbonyl (C=O) groups is 1. The van der Waals surface area contributed by atoms with Crippen molar-refractivity contribution in [2.45, 2.75) is 5.92 Å². The Labute approximate surface area is 188 Å². The van der Waals surface area contributed by atoms with Crippen LogP contribution in [0.25, 0.3) is 10.9 Å². The Morgan fingerprint density at radius 1 is 1.09 bits per heavy atom. The van der Waals surface area contributed by atoms with Crippen LogP contribution in [0.1, 0.15) is 17.2 Å². The number of halogens is 2. The van der Waals surface area contributed by atoms with Crippen LogP contribution in [0.3, 0.4) is 0 Å². The Bertz CT molecular complexity index is 1350. The summed E-state index contributed by atoms with van der Waals surface area (Å²) in [6.07, 6.45) is 4.77. The van der Waals surface area contributed by atoms with Gasteiger partial charge in [-0.15, -0.1) is 0 Å². The molecule has 1 amide bonds. The molecule has 3 heterocycles. The molecule has 0 saturated heterocycles. The van der Waals surface area contributed by atoms with Crippen LogP contribution in [0.15, 0.2) is 61.2 Å². The van der Waals surface area contributed by atoms with Gasteiger partial charge in [-0.1, -0.05) is 0 Å². The van der Waals surface area contributed by atoms with Gasteiger partial charge in [-0.25, -0.2) is 18.7 Å². The highest BCUT2D eigenvalue weighted by atomic mass is 19.2. The topological polar surface area (TPSA) is 80.2 Å². The van der Waals surface area contributed by atoms with Gasteiger partial charge in [0.1, 0.15) is 24.6 Å². The molecule has 7 nitrogen and oxygen atoms in total. The van der Waals surface area contributed by atoms with Crippen LogP contribution in [0.2, 0.25) is 0 Å². The Hall–Kier alpha value is -4.14. The van der Waals surface area contributed by atoms with Crippen molar-refractivity contribution < 1.29 is 18.3 Å². The van der Waals surface area contributed by atoms with Crippen molar-refractivity contribution in [3.05, 3.63) is 84.1 Å². The molecular weight excluding hydrogens is 428 g/mol. The van der Waals surface area contributed by atoms with Gasteiger partial charge >= 0.3 is 0 Å². The number of rotatable bonds is 6. The molecule has 1 aliphatic heterocycles. The highest BCUT2D eigenvalue weighted by Gasteiger charge is 2.38. The fraction of sp³-hybridized carbons (Fsp3) is 0.167. The lowest BCUT2D eigenvalue weighted by Gasteiger charge is -2.19. The van der Waals surface area contributed by atoms with Crippen LogP contribution in [-0.4, -0.2) is 41.1 Å². The summed E-state index contributed by atoms with van der Waals surface area (Å²) in [6.45, 7) is 1.09. The number of hydrogen-bond donors (Lipinski definition) is 1. The number of fused-ring (bicyclic) bond motifs is 2. The number of pyridine rings is 1. The van der Waals surface area contributed by atoms with Crippen molar-refractivity contribution in [3.8, 4) is 5.75 Å². The molecule has 1 unspecified atom stereocenters. The van der Waals surface area contributed by atoms with Crippen molar-refractivity contribution >= 4 is 28.2 Å². The number of nitrogens with zero attached hydrogens (tertiary/aromatic N) is 4. The maximum atomic E-state index is 14.6. The second-order valence-corrected chi connectivity index (χ2v) is 7.66. The summed E-state index contributed by atoms with van der Waals surface area (Å²) in [5.74, 6) is -3.00. The van der Waals surface area contributed by atoms with Crippen LogP contribution in [0, 0.1) is 11.6 Å². The lowest BCUT2D eigenvalue weighted by Crippen LogP contribution is -2.23. The van der Waals surface area contributed by atoms with Gasteiger partial charge < -0.3 is 15.0 Å². The molecule has 166 valence electrons. The third-order valence-corrected chi connectivity index (χ3v) is 5.65. The molecule has 0 aliphatic carbocycles. The van der Waals surface area contributed by atoms with Gasteiger partial charge in [0.25, 0.3) is 0 Å². The van der Waals surface area contributed by atoms with Crippen molar-refractivity contribution in [1.29, 1.82) is 0 Å². The zero-order chi connectivity index (χ0) is 22.9. The van der Waals surface area contributed by atoms with Crippen LogP contribution in [0.5, 0.6) is 5.75 Å². The molecule has 0 fully saturated rings. The molecule has 4 aromatic rings. The number of benzene rings is 2. The number of aromatic nitrogens is 3. The summed E-state index contributed by atoms with van der Waals surface area (Å²) < 4.78 is 34.3. The molecule has 1 atom stereocenters. The minimum Gasteiger partial charge on any atom is -0.492 e. The number of hydrogen-bond acceptors (Lipinski definition) is 6. The van der Waals surface area contributed by atoms with Gasteiger partial charge in [-0.2, -0.15) is 0 Å². The number of nitrogens with one attached hydrogen (secondary N) is 1. The van der Waals surface area contributed by atoms with E-state index in [1.807, 2.05) is 24.1 Å². The smallest absolute Gasteiger partial charge is 0.238 e. The van der Waals surface area contributed by atoms with E-state index < -0.39 is 23.5 Å². The van der Waals surface area contributed by atoms with Gasteiger partial charge in [0.2, 0.25) is 5.91 Å².